The topological polar surface area (TPSA) is 110 Å². The summed E-state index contributed by atoms with van der Waals surface area (Å²) in [5, 5.41) is 9.32. The van der Waals surface area contributed by atoms with Gasteiger partial charge in [-0.05, 0) is 65.2 Å². The molecular weight excluding hydrogens is 573 g/mol. The maximum Gasteiger partial charge on any atom is 0.333 e. The summed E-state index contributed by atoms with van der Waals surface area (Å²) in [4.78, 5) is 43.8. The molecular formula is C31H40FN5O5S. The second-order valence-corrected chi connectivity index (χ2v) is 12.8. The molecule has 232 valence electrons. The number of ketones is 1. The number of nitrogens with zero attached hydrogens (tertiary/aromatic N) is 5. The van der Waals surface area contributed by atoms with Crippen molar-refractivity contribution in [2.45, 2.75) is 92.5 Å². The normalized spacial score (nSPS) is 12.9. The molecule has 0 radical (unpaired) electrons. The smallest absolute Gasteiger partial charge is 0.333 e. The predicted molar refractivity (Wildman–Crippen MR) is 165 cm³/mol. The van der Waals surface area contributed by atoms with Gasteiger partial charge >= 0.3 is 5.69 Å². The number of hydrogen-bond donors (Lipinski definition) is 0. The standard InChI is InChI=1S/C31H40FN5O5S/c1-9-14-41-23-11-10-21(32)16-22(23)24(42-19(4)5)17-35-29-26(20(6)28(43-29)37-33-12-13-34-37)27(39)36(30(35)40)31(7,8)25(38)15-18(2)3/h10-13,16,18-19,24H,9,14-15,17H2,1-8H3/t24-/m0/s1. The van der Waals surface area contributed by atoms with Crippen LogP contribution in [0.15, 0.2) is 40.2 Å². The van der Waals surface area contributed by atoms with Gasteiger partial charge in [0.15, 0.2) is 5.78 Å². The van der Waals surface area contributed by atoms with Crippen LogP contribution in [0.25, 0.3) is 15.2 Å². The summed E-state index contributed by atoms with van der Waals surface area (Å²) < 4.78 is 29.4. The van der Waals surface area contributed by atoms with E-state index < -0.39 is 28.7 Å². The molecule has 4 aromatic rings. The number of halogens is 1. The van der Waals surface area contributed by atoms with E-state index in [9.17, 15) is 18.8 Å². The van der Waals surface area contributed by atoms with E-state index >= 15 is 0 Å². The van der Waals surface area contributed by atoms with Gasteiger partial charge in [-0.15, -0.1) is 4.80 Å². The Labute approximate surface area is 254 Å². The van der Waals surface area contributed by atoms with E-state index in [-0.39, 0.29) is 36.2 Å². The van der Waals surface area contributed by atoms with Crippen molar-refractivity contribution in [2.75, 3.05) is 6.61 Å². The molecule has 12 heteroatoms. The average Bonchev–Trinajstić information content (AvgIpc) is 3.57. The first-order valence-corrected chi connectivity index (χ1v) is 15.4. The summed E-state index contributed by atoms with van der Waals surface area (Å²) in [5.74, 6) is -0.224. The van der Waals surface area contributed by atoms with E-state index in [4.69, 9.17) is 9.47 Å². The van der Waals surface area contributed by atoms with Gasteiger partial charge in [-0.25, -0.2) is 13.8 Å². The second-order valence-electron chi connectivity index (χ2n) is 11.8. The Kier molecular flexibility index (Phi) is 9.70. The van der Waals surface area contributed by atoms with Gasteiger partial charge in [0.1, 0.15) is 33.0 Å². The fourth-order valence-electron chi connectivity index (χ4n) is 5.07. The van der Waals surface area contributed by atoms with Crippen molar-refractivity contribution in [1.82, 2.24) is 24.1 Å². The molecule has 1 aromatic carbocycles. The van der Waals surface area contributed by atoms with Crippen molar-refractivity contribution in [3.05, 3.63) is 68.4 Å². The maximum absolute atomic E-state index is 14.6. The molecule has 0 amide bonds. The number of carbonyl (C=O) groups excluding carboxylic acids is 1. The zero-order valence-corrected chi connectivity index (χ0v) is 26.8. The fraction of sp³-hybridized carbons (Fsp3) is 0.516. The maximum atomic E-state index is 14.6. The van der Waals surface area contributed by atoms with Crippen LogP contribution in [0.2, 0.25) is 0 Å². The highest BCUT2D eigenvalue weighted by Crippen LogP contribution is 2.35. The molecule has 0 aliphatic heterocycles. The first kappa shape index (κ1) is 32.3. The largest absolute Gasteiger partial charge is 0.493 e. The number of rotatable bonds is 13. The van der Waals surface area contributed by atoms with Crippen molar-refractivity contribution in [3.63, 3.8) is 0 Å². The molecule has 43 heavy (non-hydrogen) atoms. The average molecular weight is 614 g/mol. The fourth-order valence-corrected chi connectivity index (χ4v) is 6.29. The third-order valence-electron chi connectivity index (χ3n) is 7.19. The Morgan fingerprint density at radius 2 is 1.79 bits per heavy atom. The number of aryl methyl sites for hydroxylation is 1. The first-order chi connectivity index (χ1) is 20.3. The number of aromatic nitrogens is 5. The molecule has 0 fully saturated rings. The lowest BCUT2D eigenvalue weighted by Gasteiger charge is -2.29. The van der Waals surface area contributed by atoms with Gasteiger partial charge < -0.3 is 9.47 Å². The molecule has 1 atom stereocenters. The third-order valence-corrected chi connectivity index (χ3v) is 8.47. The summed E-state index contributed by atoms with van der Waals surface area (Å²) >= 11 is 1.19. The Morgan fingerprint density at radius 3 is 2.40 bits per heavy atom. The SMILES string of the molecule is CCCOc1ccc(F)cc1[C@H](Cn1c(=O)n(C(C)(C)C(=O)CC(C)C)c(=O)c2c(C)c(-n3nccn3)sc21)OC(C)C. The van der Waals surface area contributed by atoms with Gasteiger partial charge in [-0.1, -0.05) is 32.1 Å². The summed E-state index contributed by atoms with van der Waals surface area (Å²) in [6.45, 7) is 14.8. The van der Waals surface area contributed by atoms with Crippen LogP contribution in [0.4, 0.5) is 4.39 Å². The molecule has 0 aliphatic rings. The summed E-state index contributed by atoms with van der Waals surface area (Å²) in [6.07, 6.45) is 2.88. The molecule has 3 heterocycles. The quantitative estimate of drug-likeness (QED) is 0.194. The molecule has 10 nitrogen and oxygen atoms in total. The van der Waals surface area contributed by atoms with Crippen LogP contribution >= 0.6 is 11.3 Å². The molecule has 0 saturated heterocycles. The summed E-state index contributed by atoms with van der Waals surface area (Å²) in [5.41, 5.74) is -1.64. The summed E-state index contributed by atoms with van der Waals surface area (Å²) in [6, 6.07) is 4.23. The van der Waals surface area contributed by atoms with E-state index in [1.807, 2.05) is 34.6 Å². The van der Waals surface area contributed by atoms with Crippen LogP contribution in [0.5, 0.6) is 5.75 Å². The lowest BCUT2D eigenvalue weighted by atomic mass is 9.91. The Balaban J connectivity index is 2.03. The molecule has 0 N–H and O–H groups in total. The molecule has 0 unspecified atom stereocenters. The Morgan fingerprint density at radius 1 is 1.12 bits per heavy atom. The molecule has 3 aromatic heterocycles. The Bertz CT molecular complexity index is 1720. The summed E-state index contributed by atoms with van der Waals surface area (Å²) in [7, 11) is 0. The number of ether oxygens (including phenoxy) is 2. The number of hydrogen-bond acceptors (Lipinski definition) is 8. The number of Topliss-reactive ketones (excluding diaryl/α,β-unsaturated/α-hetero) is 1. The third kappa shape index (κ3) is 6.50. The lowest BCUT2D eigenvalue weighted by molar-refractivity contribution is -0.127. The Hall–Kier alpha value is -3.64. The van der Waals surface area contributed by atoms with E-state index in [0.29, 0.717) is 33.3 Å². The lowest BCUT2D eigenvalue weighted by Crippen LogP contribution is -2.53. The van der Waals surface area contributed by atoms with Gasteiger partial charge in [-0.2, -0.15) is 10.2 Å². The van der Waals surface area contributed by atoms with Gasteiger partial charge in [0.25, 0.3) is 5.56 Å². The highest BCUT2D eigenvalue weighted by molar-refractivity contribution is 7.21. The van der Waals surface area contributed by atoms with Gasteiger partial charge in [0.05, 0.1) is 37.0 Å². The van der Waals surface area contributed by atoms with Gasteiger partial charge in [0.2, 0.25) is 0 Å². The highest BCUT2D eigenvalue weighted by Gasteiger charge is 2.36. The number of thiophene rings is 1. The van der Waals surface area contributed by atoms with Gasteiger partial charge in [-0.3, -0.25) is 14.2 Å². The second kappa shape index (κ2) is 12.9. The van der Waals surface area contributed by atoms with Crippen molar-refractivity contribution in [3.8, 4) is 10.8 Å². The minimum atomic E-state index is -1.43. The van der Waals surface area contributed by atoms with Crippen LogP contribution in [0.3, 0.4) is 0 Å². The van der Waals surface area contributed by atoms with Gasteiger partial charge in [0, 0.05) is 17.5 Å². The molecule has 4 rings (SSSR count). The van der Waals surface area contributed by atoms with E-state index in [1.54, 1.807) is 26.8 Å². The molecule has 0 aliphatic carbocycles. The molecule has 0 spiro atoms. The monoisotopic (exact) mass is 613 g/mol. The minimum Gasteiger partial charge on any atom is -0.493 e. The van der Waals surface area contributed by atoms with E-state index in [2.05, 4.69) is 10.2 Å². The molecule has 0 saturated carbocycles. The number of carbonyl (C=O) groups is 1. The van der Waals surface area contributed by atoms with E-state index in [1.165, 1.54) is 45.2 Å². The predicted octanol–water partition coefficient (Wildman–Crippen LogP) is 5.56. The van der Waals surface area contributed by atoms with Crippen LogP contribution < -0.4 is 16.0 Å². The van der Waals surface area contributed by atoms with Crippen LogP contribution in [0, 0.1) is 18.7 Å². The van der Waals surface area contributed by atoms with Crippen LogP contribution in [-0.2, 0) is 21.6 Å². The zero-order valence-electron chi connectivity index (χ0n) is 26.0. The first-order valence-electron chi connectivity index (χ1n) is 14.5. The highest BCUT2D eigenvalue weighted by atomic mass is 32.1. The van der Waals surface area contributed by atoms with Crippen molar-refractivity contribution in [2.24, 2.45) is 5.92 Å². The van der Waals surface area contributed by atoms with Crippen molar-refractivity contribution < 1.29 is 18.7 Å². The van der Waals surface area contributed by atoms with E-state index in [0.717, 1.165) is 11.0 Å². The number of benzene rings is 1. The minimum absolute atomic E-state index is 0.0344. The number of fused-ring (bicyclic) bond motifs is 1. The van der Waals surface area contributed by atoms with Crippen LogP contribution in [0.1, 0.15) is 78.5 Å². The zero-order chi connectivity index (χ0) is 31.6. The van der Waals surface area contributed by atoms with Crippen LogP contribution in [-0.4, -0.2) is 42.6 Å². The van der Waals surface area contributed by atoms with Crippen molar-refractivity contribution >= 4 is 27.3 Å². The van der Waals surface area contributed by atoms with Crippen molar-refractivity contribution in [1.29, 1.82) is 0 Å². The molecule has 0 bridgehead atoms.